The first-order valence-electron chi connectivity index (χ1n) is 13.3. The summed E-state index contributed by atoms with van der Waals surface area (Å²) in [6.07, 6.45) is 10.6. The number of amides is 3. The van der Waals surface area contributed by atoms with E-state index < -0.39 is 5.91 Å². The van der Waals surface area contributed by atoms with Crippen LogP contribution in [-0.2, 0) is 0 Å². The monoisotopic (exact) mass is 485 g/mol. The number of rotatable bonds is 5. The first-order chi connectivity index (χ1) is 16.6. The van der Waals surface area contributed by atoms with Crippen molar-refractivity contribution in [2.45, 2.75) is 84.2 Å². The molecule has 35 heavy (non-hydrogen) atoms. The lowest BCUT2D eigenvalue weighted by Crippen LogP contribution is -2.49. The van der Waals surface area contributed by atoms with E-state index in [1.54, 1.807) is 11.1 Å². The van der Waals surface area contributed by atoms with Gasteiger partial charge in [0.1, 0.15) is 5.82 Å². The van der Waals surface area contributed by atoms with Crippen LogP contribution in [0.4, 0.5) is 16.4 Å². The number of urea groups is 1. The van der Waals surface area contributed by atoms with E-state index in [1.165, 1.54) is 12.8 Å². The third-order valence-electron chi connectivity index (χ3n) is 8.19. The number of hydrogen-bond donors (Lipinski definition) is 2. The van der Waals surface area contributed by atoms with Crippen molar-refractivity contribution < 1.29 is 9.59 Å². The molecule has 3 fully saturated rings. The number of anilines is 2. The highest BCUT2D eigenvalue weighted by Gasteiger charge is 2.35. The smallest absolute Gasteiger partial charge is 0.320 e. The molecule has 9 nitrogen and oxygen atoms in total. The van der Waals surface area contributed by atoms with Crippen LogP contribution in [0.2, 0.25) is 0 Å². The van der Waals surface area contributed by atoms with Crippen LogP contribution in [0.15, 0.2) is 6.20 Å². The Morgan fingerprint density at radius 2 is 1.83 bits per heavy atom. The van der Waals surface area contributed by atoms with Gasteiger partial charge in [0.25, 0.3) is 5.91 Å². The molecule has 1 aliphatic carbocycles. The van der Waals surface area contributed by atoms with Crippen LogP contribution in [0, 0.1) is 11.3 Å². The average molecular weight is 486 g/mol. The van der Waals surface area contributed by atoms with Gasteiger partial charge in [0, 0.05) is 39.3 Å². The summed E-state index contributed by atoms with van der Waals surface area (Å²) in [6.45, 7) is 10.1. The molecule has 0 radical (unpaired) electrons. The van der Waals surface area contributed by atoms with E-state index in [9.17, 15) is 9.59 Å². The first kappa shape index (κ1) is 25.5. The van der Waals surface area contributed by atoms with Gasteiger partial charge in [-0.2, -0.15) is 0 Å². The van der Waals surface area contributed by atoms with Crippen LogP contribution in [-0.4, -0.2) is 77.0 Å². The quantitative estimate of drug-likeness (QED) is 0.658. The van der Waals surface area contributed by atoms with Crippen LogP contribution in [0.3, 0.4) is 0 Å². The second-order valence-corrected chi connectivity index (χ2v) is 11.7. The maximum atomic E-state index is 12.5. The number of aromatic nitrogens is 2. The Balaban J connectivity index is 1.49. The minimum absolute atomic E-state index is 0.104. The summed E-state index contributed by atoms with van der Waals surface area (Å²) >= 11 is 0. The lowest BCUT2D eigenvalue weighted by Gasteiger charge is -2.38. The van der Waals surface area contributed by atoms with Gasteiger partial charge in [0.15, 0.2) is 11.5 Å². The van der Waals surface area contributed by atoms with Gasteiger partial charge >= 0.3 is 6.03 Å². The Labute approximate surface area is 209 Å². The largest absolute Gasteiger partial charge is 0.365 e. The molecule has 0 spiro atoms. The summed E-state index contributed by atoms with van der Waals surface area (Å²) in [7, 11) is 1.86. The molecule has 0 aromatic carbocycles. The highest BCUT2D eigenvalue weighted by Crippen LogP contribution is 2.37. The minimum atomic E-state index is -0.563. The van der Waals surface area contributed by atoms with Gasteiger partial charge in [-0.1, -0.05) is 33.6 Å². The molecule has 0 bridgehead atoms. The van der Waals surface area contributed by atoms with Crippen LogP contribution in [0.25, 0.3) is 0 Å². The van der Waals surface area contributed by atoms with Crippen molar-refractivity contribution in [3.05, 3.63) is 11.9 Å². The third-order valence-corrected chi connectivity index (χ3v) is 8.19. The Hall–Kier alpha value is -2.58. The molecule has 3 N–H and O–H groups in total. The fourth-order valence-corrected chi connectivity index (χ4v) is 5.91. The zero-order valence-electron chi connectivity index (χ0n) is 21.9. The summed E-state index contributed by atoms with van der Waals surface area (Å²) in [5, 5.41) is 3.56. The summed E-state index contributed by atoms with van der Waals surface area (Å²) in [5.41, 5.74) is 6.18. The maximum absolute atomic E-state index is 12.5. The maximum Gasteiger partial charge on any atom is 0.320 e. The summed E-state index contributed by atoms with van der Waals surface area (Å²) in [5.74, 6) is 1.36. The second-order valence-electron chi connectivity index (χ2n) is 11.7. The van der Waals surface area contributed by atoms with E-state index in [-0.39, 0.29) is 23.8 Å². The SMILES string of the molecule is CN1CCN([C@H]2CCCN(c3cnc(C(N)=O)c(NC4CCCCC(C(C)(C)C)CC4)n3)C2)C1=O. The van der Waals surface area contributed by atoms with Gasteiger partial charge in [0.05, 0.1) is 12.2 Å². The zero-order chi connectivity index (χ0) is 25.2. The molecule has 1 aromatic heterocycles. The molecular weight excluding hydrogens is 442 g/mol. The summed E-state index contributed by atoms with van der Waals surface area (Å²) in [6, 6.07) is 0.511. The number of likely N-dealkylation sites (N-methyl/N-ethyl adjacent to an activating group) is 1. The molecule has 194 valence electrons. The average Bonchev–Trinajstić information content (AvgIpc) is 3.13. The molecular formula is C26H43N7O2. The van der Waals surface area contributed by atoms with Gasteiger partial charge < -0.3 is 25.8 Å². The Morgan fingerprint density at radius 1 is 1.06 bits per heavy atom. The summed E-state index contributed by atoms with van der Waals surface area (Å²) < 4.78 is 0. The molecule has 1 saturated carbocycles. The summed E-state index contributed by atoms with van der Waals surface area (Å²) in [4.78, 5) is 39.9. The van der Waals surface area contributed by atoms with Crippen molar-refractivity contribution in [2.75, 3.05) is 43.4 Å². The third kappa shape index (κ3) is 5.98. The molecule has 2 unspecified atom stereocenters. The predicted molar refractivity (Wildman–Crippen MR) is 139 cm³/mol. The van der Waals surface area contributed by atoms with Crippen molar-refractivity contribution in [2.24, 2.45) is 17.1 Å². The number of piperidine rings is 1. The molecule has 3 heterocycles. The van der Waals surface area contributed by atoms with E-state index in [1.807, 2.05) is 11.9 Å². The van der Waals surface area contributed by atoms with Gasteiger partial charge in [0.2, 0.25) is 0 Å². The van der Waals surface area contributed by atoms with E-state index in [4.69, 9.17) is 10.7 Å². The fraction of sp³-hybridized carbons (Fsp3) is 0.769. The molecule has 3 aliphatic rings. The Bertz CT molecular complexity index is 915. The number of nitrogens with zero attached hydrogens (tertiary/aromatic N) is 5. The van der Waals surface area contributed by atoms with Crippen molar-refractivity contribution in [3.63, 3.8) is 0 Å². The number of hydrogen-bond acceptors (Lipinski definition) is 6. The minimum Gasteiger partial charge on any atom is -0.365 e. The lowest BCUT2D eigenvalue weighted by atomic mass is 9.73. The van der Waals surface area contributed by atoms with E-state index >= 15 is 0 Å². The van der Waals surface area contributed by atoms with Gasteiger partial charge in [-0.3, -0.25) is 4.79 Å². The number of carbonyl (C=O) groups is 2. The Morgan fingerprint density at radius 3 is 2.51 bits per heavy atom. The molecule has 2 saturated heterocycles. The first-order valence-corrected chi connectivity index (χ1v) is 13.3. The topological polar surface area (TPSA) is 108 Å². The van der Waals surface area contributed by atoms with E-state index in [0.717, 1.165) is 70.5 Å². The number of nitrogens with two attached hydrogens (primary N) is 1. The van der Waals surface area contributed by atoms with Crippen molar-refractivity contribution in [3.8, 4) is 0 Å². The van der Waals surface area contributed by atoms with E-state index in [0.29, 0.717) is 17.2 Å². The lowest BCUT2D eigenvalue weighted by molar-refractivity contribution is 0.0996. The highest BCUT2D eigenvalue weighted by molar-refractivity contribution is 5.95. The van der Waals surface area contributed by atoms with Crippen molar-refractivity contribution >= 4 is 23.6 Å². The zero-order valence-corrected chi connectivity index (χ0v) is 21.9. The standard InChI is InChI=1S/C26H43N7O2/c1-26(2,3)18-8-5-6-9-19(12-11-18)29-24-22(23(27)34)28-16-21(30-24)32-13-7-10-20(17-32)33-15-14-31(4)25(33)35/h16,18-20H,5-15,17H2,1-4H3,(H2,27,34)(H,29,30)/t18?,19?,20-/m0/s1. The molecule has 4 rings (SSSR count). The molecule has 2 aliphatic heterocycles. The van der Waals surface area contributed by atoms with Crippen molar-refractivity contribution in [1.29, 1.82) is 0 Å². The highest BCUT2D eigenvalue weighted by atomic mass is 16.2. The van der Waals surface area contributed by atoms with E-state index in [2.05, 4.69) is 36.0 Å². The van der Waals surface area contributed by atoms with Crippen LogP contribution >= 0.6 is 0 Å². The second kappa shape index (κ2) is 10.6. The number of primary amides is 1. The fourth-order valence-electron chi connectivity index (χ4n) is 5.91. The number of nitrogens with one attached hydrogen (secondary N) is 1. The molecule has 9 heteroatoms. The Kier molecular flexibility index (Phi) is 7.71. The van der Waals surface area contributed by atoms with Gasteiger partial charge in [-0.05, 0) is 49.9 Å². The normalized spacial score (nSPS) is 26.5. The number of carbonyl (C=O) groups excluding carboxylic acids is 2. The van der Waals surface area contributed by atoms with Crippen LogP contribution in [0.1, 0.15) is 82.6 Å². The predicted octanol–water partition coefficient (Wildman–Crippen LogP) is 3.71. The molecule has 3 atom stereocenters. The molecule has 1 aromatic rings. The van der Waals surface area contributed by atoms with Gasteiger partial charge in [-0.15, -0.1) is 0 Å². The van der Waals surface area contributed by atoms with Crippen LogP contribution in [0.5, 0.6) is 0 Å². The van der Waals surface area contributed by atoms with Gasteiger partial charge in [-0.25, -0.2) is 14.8 Å². The molecule has 3 amide bonds. The van der Waals surface area contributed by atoms with Crippen molar-refractivity contribution in [1.82, 2.24) is 19.8 Å². The van der Waals surface area contributed by atoms with Crippen LogP contribution < -0.4 is 16.0 Å².